The Balaban J connectivity index is 1.43. The number of aromatic nitrogens is 1. The van der Waals surface area contributed by atoms with E-state index in [0.717, 1.165) is 35.9 Å². The number of hydrazine groups is 1. The summed E-state index contributed by atoms with van der Waals surface area (Å²) in [7, 11) is 0. The molecule has 0 saturated heterocycles. The molecule has 0 unspecified atom stereocenters. The quantitative estimate of drug-likeness (QED) is 0.540. The number of amides is 1. The molecule has 2 saturated carbocycles. The van der Waals surface area contributed by atoms with Gasteiger partial charge in [0.05, 0.1) is 11.1 Å². The lowest BCUT2D eigenvalue weighted by Gasteiger charge is -2.35. The Hall–Kier alpha value is -2.21. The van der Waals surface area contributed by atoms with E-state index in [2.05, 4.69) is 30.0 Å². The van der Waals surface area contributed by atoms with Crippen molar-refractivity contribution in [2.75, 3.05) is 0 Å². The number of nitrogens with zero attached hydrogens (tertiary/aromatic N) is 1. The highest BCUT2D eigenvalue weighted by Gasteiger charge is 2.28. The van der Waals surface area contributed by atoms with Gasteiger partial charge in [0.15, 0.2) is 5.11 Å². The molecule has 1 heterocycles. The Kier molecular flexibility index (Phi) is 5.49. The zero-order valence-electron chi connectivity index (χ0n) is 16.5. The smallest absolute Gasteiger partial charge is 0.270 e. The van der Waals surface area contributed by atoms with E-state index < -0.39 is 0 Å². The predicted molar refractivity (Wildman–Crippen MR) is 116 cm³/mol. The normalized spacial score (nSPS) is 24.6. The number of benzene rings is 1. The summed E-state index contributed by atoms with van der Waals surface area (Å²) in [5.74, 6) is 1.55. The summed E-state index contributed by atoms with van der Waals surface area (Å²) in [6, 6.07) is 10.1. The van der Waals surface area contributed by atoms with E-state index in [1.54, 1.807) is 0 Å². The Morgan fingerprint density at radius 1 is 1.11 bits per heavy atom. The second-order valence-electron chi connectivity index (χ2n) is 8.31. The highest BCUT2D eigenvalue weighted by atomic mass is 32.1. The number of carbonyl (C=O) groups excluding carboxylic acids is 1. The number of hydrogen-bond acceptors (Lipinski definition) is 3. The van der Waals surface area contributed by atoms with Crippen LogP contribution in [0.3, 0.4) is 0 Å². The van der Waals surface area contributed by atoms with Crippen LogP contribution >= 0.6 is 12.2 Å². The molecule has 2 aromatic rings. The van der Waals surface area contributed by atoms with Crippen LogP contribution in [0.25, 0.3) is 10.9 Å². The van der Waals surface area contributed by atoms with Gasteiger partial charge in [0.1, 0.15) is 0 Å². The van der Waals surface area contributed by atoms with Crippen molar-refractivity contribution in [2.24, 2.45) is 11.8 Å². The van der Waals surface area contributed by atoms with Crippen LogP contribution in [-0.4, -0.2) is 22.0 Å². The maximum Gasteiger partial charge on any atom is 0.270 e. The Morgan fingerprint density at radius 2 is 1.89 bits per heavy atom. The largest absolute Gasteiger partial charge is 0.358 e. The van der Waals surface area contributed by atoms with Crippen molar-refractivity contribution in [3.8, 4) is 0 Å². The van der Waals surface area contributed by atoms with Crippen LogP contribution in [0.15, 0.2) is 30.3 Å². The van der Waals surface area contributed by atoms with E-state index in [1.165, 1.54) is 12.8 Å². The average Bonchev–Trinajstić information content (AvgIpc) is 3.54. The van der Waals surface area contributed by atoms with Crippen molar-refractivity contribution in [2.45, 2.75) is 57.9 Å². The minimum absolute atomic E-state index is 0.185. The third kappa shape index (κ3) is 4.12. The van der Waals surface area contributed by atoms with Crippen molar-refractivity contribution in [3.63, 3.8) is 0 Å². The van der Waals surface area contributed by atoms with Crippen LogP contribution in [-0.2, 0) is 0 Å². The van der Waals surface area contributed by atoms with Gasteiger partial charge in [0.2, 0.25) is 0 Å². The van der Waals surface area contributed by atoms with E-state index >= 15 is 0 Å². The number of para-hydroxylation sites is 1. The first kappa shape index (κ1) is 19.1. The van der Waals surface area contributed by atoms with Crippen molar-refractivity contribution >= 4 is 34.1 Å². The van der Waals surface area contributed by atoms with Gasteiger partial charge in [-0.25, -0.2) is 0 Å². The summed E-state index contributed by atoms with van der Waals surface area (Å²) in [5, 5.41) is 4.71. The zero-order chi connectivity index (χ0) is 19.7. The lowest BCUT2D eigenvalue weighted by molar-refractivity contribution is 0.0944. The molecule has 2 aliphatic rings. The monoisotopic (exact) mass is 396 g/mol. The van der Waals surface area contributed by atoms with Crippen molar-refractivity contribution in [1.29, 1.82) is 0 Å². The second kappa shape index (κ2) is 8.03. The predicted octanol–water partition coefficient (Wildman–Crippen LogP) is 4.05. The number of fused-ring (bicyclic) bond motifs is 1. The van der Waals surface area contributed by atoms with Gasteiger partial charge < -0.3 is 5.32 Å². The van der Waals surface area contributed by atoms with Crippen LogP contribution in [0.4, 0.5) is 0 Å². The van der Waals surface area contributed by atoms with Crippen molar-refractivity contribution in [3.05, 3.63) is 41.6 Å². The minimum atomic E-state index is -0.185. The van der Waals surface area contributed by atoms with Crippen molar-refractivity contribution < 1.29 is 4.79 Å². The van der Waals surface area contributed by atoms with Crippen LogP contribution in [0.2, 0.25) is 0 Å². The average molecular weight is 397 g/mol. The topological polar surface area (TPSA) is 66.0 Å². The highest BCUT2D eigenvalue weighted by molar-refractivity contribution is 7.80. The summed E-state index contributed by atoms with van der Waals surface area (Å²) in [4.78, 5) is 17.6. The number of thiocarbonyl (C=S) groups is 1. The highest BCUT2D eigenvalue weighted by Crippen LogP contribution is 2.40. The van der Waals surface area contributed by atoms with Gasteiger partial charge in [-0.15, -0.1) is 0 Å². The molecule has 2 fully saturated rings. The third-order valence-corrected chi connectivity index (χ3v) is 6.51. The van der Waals surface area contributed by atoms with Gasteiger partial charge in [-0.2, -0.15) is 0 Å². The molecular formula is C22H28N4OS. The van der Waals surface area contributed by atoms with Crippen molar-refractivity contribution in [1.82, 2.24) is 21.2 Å². The Bertz CT molecular complexity index is 895. The SMILES string of the molecule is C[C@@H]1[C@H](C)CCC[C@H]1NC(=S)NNC(=O)c1cc(C2CC2)nc2ccccc12. The van der Waals surface area contributed by atoms with E-state index in [-0.39, 0.29) is 5.91 Å². The van der Waals surface area contributed by atoms with Crippen LogP contribution in [0, 0.1) is 11.8 Å². The fourth-order valence-corrected chi connectivity index (χ4v) is 4.35. The molecule has 5 nitrogen and oxygen atoms in total. The molecule has 4 rings (SSSR count). The summed E-state index contributed by atoms with van der Waals surface area (Å²) in [5.41, 5.74) is 8.18. The third-order valence-electron chi connectivity index (χ3n) is 6.29. The fourth-order valence-electron chi connectivity index (χ4n) is 4.14. The van der Waals surface area contributed by atoms with Gasteiger partial charge in [-0.1, -0.05) is 44.9 Å². The minimum Gasteiger partial charge on any atom is -0.358 e. The summed E-state index contributed by atoms with van der Waals surface area (Å²) in [6.07, 6.45) is 5.90. The Labute approximate surface area is 171 Å². The Morgan fingerprint density at radius 3 is 2.68 bits per heavy atom. The molecule has 28 heavy (non-hydrogen) atoms. The van der Waals surface area contributed by atoms with Gasteiger partial charge >= 0.3 is 0 Å². The molecule has 1 amide bonds. The summed E-state index contributed by atoms with van der Waals surface area (Å²) < 4.78 is 0. The van der Waals surface area contributed by atoms with Gasteiger partial charge in [-0.3, -0.25) is 20.6 Å². The van der Waals surface area contributed by atoms with Gasteiger partial charge in [0.25, 0.3) is 5.91 Å². The maximum absolute atomic E-state index is 12.9. The number of pyridine rings is 1. The molecule has 3 atom stereocenters. The number of nitrogens with one attached hydrogen (secondary N) is 3. The molecule has 1 aromatic carbocycles. The molecule has 0 radical (unpaired) electrons. The lowest BCUT2D eigenvalue weighted by atomic mass is 9.78. The number of rotatable bonds is 3. The van der Waals surface area contributed by atoms with Crippen LogP contribution < -0.4 is 16.2 Å². The van der Waals surface area contributed by atoms with Crippen LogP contribution in [0.1, 0.15) is 67.9 Å². The molecule has 2 aliphatic carbocycles. The number of carbonyl (C=O) groups is 1. The molecule has 0 bridgehead atoms. The standard InChI is InChI=1S/C22H28N4OS/c1-13-6-5-9-18(14(13)2)24-22(28)26-25-21(27)17-12-20(15-10-11-15)23-19-8-4-3-7-16(17)19/h3-4,7-8,12-15,18H,5-6,9-11H2,1-2H3,(H,25,27)(H2,24,26,28)/t13-,14-,18-/m1/s1. The van der Waals surface area contributed by atoms with Crippen LogP contribution in [0.5, 0.6) is 0 Å². The van der Waals surface area contributed by atoms with E-state index in [1.807, 2.05) is 30.3 Å². The molecule has 1 aromatic heterocycles. The van der Waals surface area contributed by atoms with E-state index in [9.17, 15) is 4.79 Å². The van der Waals surface area contributed by atoms with E-state index in [0.29, 0.717) is 34.5 Å². The first-order chi connectivity index (χ1) is 13.5. The fraction of sp³-hybridized carbons (Fsp3) is 0.500. The number of hydrogen-bond donors (Lipinski definition) is 3. The second-order valence-corrected chi connectivity index (χ2v) is 8.72. The van der Waals surface area contributed by atoms with Gasteiger partial charge in [-0.05, 0) is 55.4 Å². The molecule has 148 valence electrons. The molecule has 3 N–H and O–H groups in total. The summed E-state index contributed by atoms with van der Waals surface area (Å²) in [6.45, 7) is 4.56. The van der Waals surface area contributed by atoms with Gasteiger partial charge in [0, 0.05) is 23.0 Å². The maximum atomic E-state index is 12.9. The summed E-state index contributed by atoms with van der Waals surface area (Å²) >= 11 is 5.42. The molecule has 0 aliphatic heterocycles. The first-order valence-corrected chi connectivity index (χ1v) is 10.7. The molecule has 0 spiro atoms. The first-order valence-electron chi connectivity index (χ1n) is 10.3. The molecule has 6 heteroatoms. The zero-order valence-corrected chi connectivity index (χ0v) is 17.3. The van der Waals surface area contributed by atoms with E-state index in [4.69, 9.17) is 17.2 Å². The lowest BCUT2D eigenvalue weighted by Crippen LogP contribution is -2.52. The molecular weight excluding hydrogens is 368 g/mol.